The van der Waals surface area contributed by atoms with Crippen LogP contribution in [0.25, 0.3) is 11.3 Å². The van der Waals surface area contributed by atoms with Crippen LogP contribution in [-0.4, -0.2) is 67.7 Å². The van der Waals surface area contributed by atoms with Crippen molar-refractivity contribution < 1.29 is 22.6 Å². The van der Waals surface area contributed by atoms with Gasteiger partial charge >= 0.3 is 6.36 Å². The zero-order valence-corrected chi connectivity index (χ0v) is 15.4. The number of halogens is 3. The van der Waals surface area contributed by atoms with E-state index >= 15 is 0 Å². The van der Waals surface area contributed by atoms with Gasteiger partial charge in [-0.05, 0) is 12.1 Å². The summed E-state index contributed by atoms with van der Waals surface area (Å²) in [5.41, 5.74) is 0.984. The number of rotatable bonds is 7. The lowest BCUT2D eigenvalue weighted by Gasteiger charge is -2.26. The monoisotopic (exact) mass is 397 g/mol. The Bertz CT molecular complexity index is 782. The Kier molecular flexibility index (Phi) is 6.53. The smallest absolute Gasteiger partial charge is 0.406 e. The van der Waals surface area contributed by atoms with Crippen LogP contribution in [0.2, 0.25) is 0 Å². The van der Waals surface area contributed by atoms with E-state index in [9.17, 15) is 13.2 Å². The van der Waals surface area contributed by atoms with Crippen LogP contribution >= 0.6 is 0 Å². The van der Waals surface area contributed by atoms with Gasteiger partial charge in [-0.1, -0.05) is 12.1 Å². The molecule has 28 heavy (non-hydrogen) atoms. The molecule has 1 aromatic carbocycles. The van der Waals surface area contributed by atoms with Crippen molar-refractivity contribution in [1.29, 1.82) is 0 Å². The number of aromatic nitrogens is 2. The lowest BCUT2D eigenvalue weighted by molar-refractivity contribution is -0.274. The summed E-state index contributed by atoms with van der Waals surface area (Å²) in [4.78, 5) is 11.0. The van der Waals surface area contributed by atoms with Crippen LogP contribution < -0.4 is 15.4 Å². The third-order valence-corrected chi connectivity index (χ3v) is 4.15. The Balaban J connectivity index is 1.72. The lowest BCUT2D eigenvalue weighted by atomic mass is 10.1. The van der Waals surface area contributed by atoms with Gasteiger partial charge in [-0.15, -0.1) is 13.2 Å². The number of nitrogens with one attached hydrogen (secondary N) is 2. The highest BCUT2D eigenvalue weighted by atomic mass is 19.4. The molecule has 2 heterocycles. The summed E-state index contributed by atoms with van der Waals surface area (Å²) in [5.74, 6) is 0.662. The highest BCUT2D eigenvalue weighted by Crippen LogP contribution is 2.28. The van der Waals surface area contributed by atoms with Crippen LogP contribution in [0.3, 0.4) is 0 Å². The largest absolute Gasteiger partial charge is 0.573 e. The average molecular weight is 397 g/mol. The third-order valence-electron chi connectivity index (χ3n) is 4.15. The van der Waals surface area contributed by atoms with Crippen molar-refractivity contribution in [2.24, 2.45) is 0 Å². The molecule has 0 atom stereocenters. The molecule has 1 aliphatic rings. The molecular weight excluding hydrogens is 375 g/mol. The first-order valence-electron chi connectivity index (χ1n) is 8.90. The van der Waals surface area contributed by atoms with Crippen molar-refractivity contribution in [2.75, 3.05) is 57.1 Å². The minimum absolute atomic E-state index is 0.295. The van der Waals surface area contributed by atoms with Crippen LogP contribution in [0.15, 0.2) is 30.3 Å². The number of hydrogen-bond acceptors (Lipinski definition) is 7. The van der Waals surface area contributed by atoms with E-state index in [-0.39, 0.29) is 5.75 Å². The van der Waals surface area contributed by atoms with Gasteiger partial charge in [0.15, 0.2) is 0 Å². The van der Waals surface area contributed by atoms with Gasteiger partial charge in [-0.25, -0.2) is 4.98 Å². The lowest BCUT2D eigenvalue weighted by Crippen LogP contribution is -2.39. The first kappa shape index (κ1) is 20.2. The molecule has 1 saturated heterocycles. The molecule has 0 saturated carbocycles. The van der Waals surface area contributed by atoms with Crippen molar-refractivity contribution in [3.8, 4) is 17.0 Å². The molecule has 3 rings (SSSR count). The van der Waals surface area contributed by atoms with E-state index in [0.717, 1.165) is 32.8 Å². The summed E-state index contributed by atoms with van der Waals surface area (Å²) in [5, 5.41) is 6.11. The molecule has 0 spiro atoms. The van der Waals surface area contributed by atoms with Crippen molar-refractivity contribution in [3.05, 3.63) is 30.3 Å². The molecule has 2 N–H and O–H groups in total. The SMILES string of the molecule is CNc1nc(NCCN2CCOCC2)cc(-c2cccc(OC(F)(F)F)c2)n1. The second-order valence-corrected chi connectivity index (χ2v) is 6.17. The summed E-state index contributed by atoms with van der Waals surface area (Å²) >= 11 is 0. The third kappa shape index (κ3) is 5.96. The van der Waals surface area contributed by atoms with E-state index in [0.29, 0.717) is 29.6 Å². The zero-order valence-electron chi connectivity index (χ0n) is 15.4. The Morgan fingerprint density at radius 2 is 1.96 bits per heavy atom. The number of hydrogen-bond donors (Lipinski definition) is 2. The normalized spacial score (nSPS) is 15.3. The van der Waals surface area contributed by atoms with Gasteiger partial charge in [-0.2, -0.15) is 4.98 Å². The molecule has 7 nitrogen and oxygen atoms in total. The fraction of sp³-hybridized carbons (Fsp3) is 0.444. The first-order chi connectivity index (χ1) is 13.4. The molecule has 0 unspecified atom stereocenters. The van der Waals surface area contributed by atoms with E-state index in [4.69, 9.17) is 4.74 Å². The molecule has 1 fully saturated rings. The van der Waals surface area contributed by atoms with Gasteiger partial charge in [0.25, 0.3) is 0 Å². The predicted molar refractivity (Wildman–Crippen MR) is 99.4 cm³/mol. The molecule has 0 amide bonds. The summed E-state index contributed by atoms with van der Waals surface area (Å²) in [7, 11) is 1.68. The highest BCUT2D eigenvalue weighted by Gasteiger charge is 2.31. The fourth-order valence-electron chi connectivity index (χ4n) is 2.82. The number of morpholine rings is 1. The molecule has 0 radical (unpaired) electrons. The molecule has 0 aliphatic carbocycles. The highest BCUT2D eigenvalue weighted by molar-refractivity contribution is 5.65. The molecule has 0 bridgehead atoms. The summed E-state index contributed by atoms with van der Waals surface area (Å²) in [6.07, 6.45) is -4.74. The van der Waals surface area contributed by atoms with E-state index < -0.39 is 6.36 Å². The van der Waals surface area contributed by atoms with Gasteiger partial charge in [0, 0.05) is 44.9 Å². The molecule has 1 aromatic heterocycles. The van der Waals surface area contributed by atoms with E-state index in [1.54, 1.807) is 19.2 Å². The molecular formula is C18H22F3N5O2. The Hall–Kier alpha value is -2.59. The standard InChI is InChI=1S/C18H22F3N5O2/c1-22-17-24-15(13-3-2-4-14(11-13)28-18(19,20)21)12-16(25-17)23-5-6-26-7-9-27-10-8-26/h2-4,11-12H,5-10H2,1H3,(H2,22,23,24,25). The first-order valence-corrected chi connectivity index (χ1v) is 8.90. The van der Waals surface area contributed by atoms with Crippen LogP contribution in [-0.2, 0) is 4.74 Å². The van der Waals surface area contributed by atoms with E-state index in [2.05, 4.69) is 30.2 Å². The summed E-state index contributed by atoms with van der Waals surface area (Å²) < 4.78 is 46.7. The summed E-state index contributed by atoms with van der Waals surface area (Å²) in [6.45, 7) is 4.77. The minimum atomic E-state index is -4.74. The quantitative estimate of drug-likeness (QED) is 0.744. The Morgan fingerprint density at radius 1 is 1.18 bits per heavy atom. The van der Waals surface area contributed by atoms with Crippen LogP contribution in [0, 0.1) is 0 Å². The van der Waals surface area contributed by atoms with Gasteiger partial charge in [0.2, 0.25) is 5.95 Å². The van der Waals surface area contributed by atoms with Crippen molar-refractivity contribution in [1.82, 2.24) is 14.9 Å². The maximum atomic E-state index is 12.5. The van der Waals surface area contributed by atoms with E-state index in [1.807, 2.05) is 0 Å². The van der Waals surface area contributed by atoms with Gasteiger partial charge < -0.3 is 20.1 Å². The predicted octanol–water partition coefficient (Wildman–Crippen LogP) is 2.83. The van der Waals surface area contributed by atoms with Gasteiger partial charge in [0.1, 0.15) is 11.6 Å². The van der Waals surface area contributed by atoms with Crippen molar-refractivity contribution in [2.45, 2.75) is 6.36 Å². The minimum Gasteiger partial charge on any atom is -0.406 e. The number of nitrogens with zero attached hydrogens (tertiary/aromatic N) is 3. The Labute approximate surface area is 160 Å². The number of benzene rings is 1. The number of ether oxygens (including phenoxy) is 2. The molecule has 1 aliphatic heterocycles. The zero-order chi connectivity index (χ0) is 20.0. The fourth-order valence-corrected chi connectivity index (χ4v) is 2.82. The maximum Gasteiger partial charge on any atom is 0.573 e. The van der Waals surface area contributed by atoms with Gasteiger partial charge in [-0.3, -0.25) is 4.90 Å². The average Bonchev–Trinajstić information content (AvgIpc) is 2.67. The second-order valence-electron chi connectivity index (χ2n) is 6.17. The van der Waals surface area contributed by atoms with Crippen molar-refractivity contribution in [3.63, 3.8) is 0 Å². The van der Waals surface area contributed by atoms with Crippen LogP contribution in [0.1, 0.15) is 0 Å². The number of alkyl halides is 3. The number of anilines is 2. The second kappa shape index (κ2) is 9.07. The molecule has 2 aromatic rings. The van der Waals surface area contributed by atoms with Crippen LogP contribution in [0.4, 0.5) is 24.9 Å². The Morgan fingerprint density at radius 3 is 2.68 bits per heavy atom. The molecule has 10 heteroatoms. The van der Waals surface area contributed by atoms with Crippen LogP contribution in [0.5, 0.6) is 5.75 Å². The van der Waals surface area contributed by atoms with Gasteiger partial charge in [0.05, 0.1) is 18.9 Å². The van der Waals surface area contributed by atoms with E-state index in [1.165, 1.54) is 18.2 Å². The topological polar surface area (TPSA) is 71.5 Å². The maximum absolute atomic E-state index is 12.5. The van der Waals surface area contributed by atoms with Crippen molar-refractivity contribution >= 4 is 11.8 Å². The molecule has 152 valence electrons. The summed E-state index contributed by atoms with van der Waals surface area (Å²) in [6, 6.07) is 7.41.